The lowest BCUT2D eigenvalue weighted by molar-refractivity contribution is -0.132. The molecule has 0 atom stereocenters. The van der Waals surface area contributed by atoms with Crippen LogP contribution in [-0.4, -0.2) is 39.7 Å². The van der Waals surface area contributed by atoms with Crippen molar-refractivity contribution in [3.8, 4) is 5.69 Å². The van der Waals surface area contributed by atoms with Crippen molar-refractivity contribution in [2.24, 2.45) is 5.92 Å². The van der Waals surface area contributed by atoms with Crippen molar-refractivity contribution in [2.45, 2.75) is 65.2 Å². The summed E-state index contributed by atoms with van der Waals surface area (Å²) in [5.74, 6) is 1.38. The quantitative estimate of drug-likeness (QED) is 0.227. The molecule has 2 heterocycles. The van der Waals surface area contributed by atoms with E-state index in [1.165, 1.54) is 11.1 Å². The Balaban J connectivity index is 1.16. The van der Waals surface area contributed by atoms with Crippen LogP contribution in [0.25, 0.3) is 5.69 Å². The fourth-order valence-corrected chi connectivity index (χ4v) is 5.55. The Morgan fingerprint density at radius 3 is 2.26 bits per heavy atom. The zero-order valence-corrected chi connectivity index (χ0v) is 25.8. The molecule has 7 heteroatoms. The molecule has 0 unspecified atom stereocenters. The van der Waals surface area contributed by atoms with Gasteiger partial charge in [-0.25, -0.2) is 9.48 Å². The number of aryl methyl sites for hydroxylation is 2. The normalized spacial score (nSPS) is 14.0. The van der Waals surface area contributed by atoms with Gasteiger partial charge in [-0.05, 0) is 73.9 Å². The smallest absolute Gasteiger partial charge is 0.324 e. The molecule has 1 aliphatic rings. The maximum Gasteiger partial charge on any atom is 0.324 e. The Morgan fingerprint density at radius 2 is 1.56 bits per heavy atom. The SMILES string of the molecule is Cc1ccc(-n2nc(C(C)(C)C)cc2NC(=O)Nc2cccc(CC3CCN(C(=O)CCc4ccccc4)CC3)c2)cc1. The number of aromatic nitrogens is 2. The molecule has 1 aliphatic heterocycles. The summed E-state index contributed by atoms with van der Waals surface area (Å²) < 4.78 is 1.79. The Labute approximate surface area is 255 Å². The molecule has 2 N–H and O–H groups in total. The number of piperidine rings is 1. The van der Waals surface area contributed by atoms with E-state index in [0.29, 0.717) is 18.2 Å². The first-order chi connectivity index (χ1) is 20.6. The molecule has 1 fully saturated rings. The summed E-state index contributed by atoms with van der Waals surface area (Å²) in [5.41, 5.74) is 5.93. The maximum atomic E-state index is 13.1. The number of carbonyl (C=O) groups is 2. The number of urea groups is 1. The molecule has 0 bridgehead atoms. The van der Waals surface area contributed by atoms with Crippen LogP contribution < -0.4 is 10.6 Å². The van der Waals surface area contributed by atoms with Crippen LogP contribution in [0.5, 0.6) is 0 Å². The van der Waals surface area contributed by atoms with Crippen LogP contribution in [0.1, 0.15) is 62.4 Å². The van der Waals surface area contributed by atoms with Crippen molar-refractivity contribution in [1.82, 2.24) is 14.7 Å². The topological polar surface area (TPSA) is 79.3 Å². The van der Waals surface area contributed by atoms with E-state index < -0.39 is 0 Å². The molecule has 5 rings (SSSR count). The van der Waals surface area contributed by atoms with Crippen LogP contribution in [0.2, 0.25) is 0 Å². The van der Waals surface area contributed by atoms with Crippen LogP contribution in [0.4, 0.5) is 16.3 Å². The summed E-state index contributed by atoms with van der Waals surface area (Å²) >= 11 is 0. The highest BCUT2D eigenvalue weighted by Gasteiger charge is 2.24. The highest BCUT2D eigenvalue weighted by Crippen LogP contribution is 2.27. The van der Waals surface area contributed by atoms with E-state index in [1.807, 2.05) is 72.5 Å². The lowest BCUT2D eigenvalue weighted by Gasteiger charge is -2.32. The fourth-order valence-electron chi connectivity index (χ4n) is 5.55. The summed E-state index contributed by atoms with van der Waals surface area (Å²) in [6, 6.07) is 28.0. The highest BCUT2D eigenvalue weighted by molar-refractivity contribution is 5.99. The van der Waals surface area contributed by atoms with Crippen molar-refractivity contribution >= 4 is 23.4 Å². The molecular formula is C36H43N5O2. The van der Waals surface area contributed by atoms with Gasteiger partial charge in [-0.3, -0.25) is 10.1 Å². The first kappa shape index (κ1) is 30.1. The third-order valence-corrected chi connectivity index (χ3v) is 8.14. The summed E-state index contributed by atoms with van der Waals surface area (Å²) in [5, 5.41) is 10.8. The molecule has 1 aromatic heterocycles. The number of nitrogens with one attached hydrogen (secondary N) is 2. The predicted octanol–water partition coefficient (Wildman–Crippen LogP) is 7.54. The molecule has 0 spiro atoms. The molecule has 1 saturated heterocycles. The third-order valence-electron chi connectivity index (χ3n) is 8.14. The van der Waals surface area contributed by atoms with Gasteiger partial charge >= 0.3 is 6.03 Å². The van der Waals surface area contributed by atoms with Gasteiger partial charge in [0.05, 0.1) is 11.4 Å². The van der Waals surface area contributed by atoms with E-state index in [4.69, 9.17) is 5.10 Å². The molecule has 224 valence electrons. The van der Waals surface area contributed by atoms with Crippen LogP contribution in [0.15, 0.2) is 84.9 Å². The fraction of sp³-hybridized carbons (Fsp3) is 0.361. The second-order valence-electron chi connectivity index (χ2n) is 12.7. The van der Waals surface area contributed by atoms with Crippen molar-refractivity contribution in [3.05, 3.63) is 107 Å². The van der Waals surface area contributed by atoms with Crippen LogP contribution in [-0.2, 0) is 23.1 Å². The van der Waals surface area contributed by atoms with Gasteiger partial charge in [0.2, 0.25) is 5.91 Å². The molecule has 7 nitrogen and oxygen atoms in total. The van der Waals surface area contributed by atoms with Crippen LogP contribution in [0.3, 0.4) is 0 Å². The van der Waals surface area contributed by atoms with Crippen molar-refractivity contribution in [2.75, 3.05) is 23.7 Å². The van der Waals surface area contributed by atoms with Gasteiger partial charge in [0.25, 0.3) is 0 Å². The number of hydrogen-bond acceptors (Lipinski definition) is 3. The van der Waals surface area contributed by atoms with Crippen LogP contribution in [0, 0.1) is 12.8 Å². The minimum Gasteiger partial charge on any atom is -0.343 e. The van der Waals surface area contributed by atoms with Gasteiger partial charge in [0.1, 0.15) is 5.82 Å². The molecule has 0 radical (unpaired) electrons. The molecule has 4 aromatic rings. The van der Waals surface area contributed by atoms with Crippen LogP contribution >= 0.6 is 0 Å². The minimum atomic E-state index is -0.312. The van der Waals surface area contributed by atoms with Gasteiger partial charge in [0, 0.05) is 36.7 Å². The zero-order chi connectivity index (χ0) is 30.4. The van der Waals surface area contributed by atoms with Crippen molar-refractivity contribution in [1.29, 1.82) is 0 Å². The number of hydrogen-bond donors (Lipinski definition) is 2. The van der Waals surface area contributed by atoms with E-state index in [1.54, 1.807) is 4.68 Å². The first-order valence-electron chi connectivity index (χ1n) is 15.3. The number of carbonyl (C=O) groups excluding carboxylic acids is 2. The number of rotatable bonds is 8. The lowest BCUT2D eigenvalue weighted by Crippen LogP contribution is -2.39. The van der Waals surface area contributed by atoms with Gasteiger partial charge < -0.3 is 10.2 Å². The van der Waals surface area contributed by atoms with E-state index in [0.717, 1.165) is 61.4 Å². The lowest BCUT2D eigenvalue weighted by atomic mass is 9.90. The average molecular weight is 578 g/mol. The third kappa shape index (κ3) is 8.13. The number of benzene rings is 3. The Morgan fingerprint density at radius 1 is 0.860 bits per heavy atom. The first-order valence-corrected chi connectivity index (χ1v) is 15.3. The summed E-state index contributed by atoms with van der Waals surface area (Å²) in [7, 11) is 0. The van der Waals surface area contributed by atoms with Crippen molar-refractivity contribution < 1.29 is 9.59 Å². The summed E-state index contributed by atoms with van der Waals surface area (Å²) in [6.07, 6.45) is 4.27. The maximum absolute atomic E-state index is 13.1. The highest BCUT2D eigenvalue weighted by atomic mass is 16.2. The van der Waals surface area contributed by atoms with Crippen molar-refractivity contribution in [3.63, 3.8) is 0 Å². The van der Waals surface area contributed by atoms with Gasteiger partial charge in [-0.1, -0.05) is 80.9 Å². The van der Waals surface area contributed by atoms with Gasteiger partial charge in [-0.2, -0.15) is 5.10 Å². The van der Waals surface area contributed by atoms with Gasteiger partial charge in [0.15, 0.2) is 0 Å². The second kappa shape index (κ2) is 13.3. The zero-order valence-electron chi connectivity index (χ0n) is 25.8. The second-order valence-corrected chi connectivity index (χ2v) is 12.7. The van der Waals surface area contributed by atoms with E-state index in [9.17, 15) is 9.59 Å². The largest absolute Gasteiger partial charge is 0.343 e. The standard InChI is InChI=1S/C36H43N5O2/c1-26-13-16-31(17-14-26)41-33(25-32(39-41)36(2,3)4)38-35(43)37-30-12-8-11-29(24-30)23-28-19-21-40(22-20-28)34(42)18-15-27-9-6-5-7-10-27/h5-14,16-17,24-25,28H,15,18-23H2,1-4H3,(H2,37,38,43). The molecule has 0 aliphatic carbocycles. The Bertz CT molecular complexity index is 1530. The number of likely N-dealkylation sites (tertiary alicyclic amines) is 1. The number of nitrogens with zero attached hydrogens (tertiary/aromatic N) is 3. The number of amides is 3. The monoisotopic (exact) mass is 577 g/mol. The summed E-state index contributed by atoms with van der Waals surface area (Å²) in [4.78, 5) is 27.9. The minimum absolute atomic E-state index is 0.164. The van der Waals surface area contributed by atoms with E-state index in [-0.39, 0.29) is 17.4 Å². The predicted molar refractivity (Wildman–Crippen MR) is 174 cm³/mol. The summed E-state index contributed by atoms with van der Waals surface area (Å²) in [6.45, 7) is 9.99. The molecular weight excluding hydrogens is 534 g/mol. The Kier molecular flexibility index (Phi) is 9.29. The van der Waals surface area contributed by atoms with E-state index in [2.05, 4.69) is 55.7 Å². The van der Waals surface area contributed by atoms with Gasteiger partial charge in [-0.15, -0.1) is 0 Å². The average Bonchev–Trinajstić information content (AvgIpc) is 3.41. The molecule has 43 heavy (non-hydrogen) atoms. The molecule has 3 amide bonds. The number of anilines is 2. The molecule has 3 aromatic carbocycles. The van der Waals surface area contributed by atoms with E-state index >= 15 is 0 Å². The Hall–Kier alpha value is -4.39. The molecule has 0 saturated carbocycles.